The number of nitrogens with one attached hydrogen (secondary N) is 1. The molecule has 0 unspecified atom stereocenters. The number of carbonyl (C=O) groups is 2. The first-order valence-corrected chi connectivity index (χ1v) is 6.84. The molecule has 2 rings (SSSR count). The first-order chi connectivity index (χ1) is 10.7. The minimum atomic E-state index is -1.10. The second kappa shape index (κ2) is 8.32. The van der Waals surface area contributed by atoms with Gasteiger partial charge in [-0.25, -0.2) is 0 Å². The summed E-state index contributed by atoms with van der Waals surface area (Å²) in [5.41, 5.74) is 5.86. The summed E-state index contributed by atoms with van der Waals surface area (Å²) in [4.78, 5) is 20.6. The van der Waals surface area contributed by atoms with Crippen LogP contribution in [-0.2, 0) is 16.0 Å². The van der Waals surface area contributed by atoms with E-state index < -0.39 is 30.1 Å². The van der Waals surface area contributed by atoms with Crippen LogP contribution >= 0.6 is 0 Å². The average Bonchev–Trinajstić information content (AvgIpc) is 2.90. The van der Waals surface area contributed by atoms with Crippen molar-refractivity contribution in [2.75, 3.05) is 6.54 Å². The fourth-order valence-electron chi connectivity index (χ4n) is 1.94. The summed E-state index contributed by atoms with van der Waals surface area (Å²) < 4.78 is 0. The Kier molecular flexibility index (Phi) is 6.76. The molecule has 1 aromatic rings. The maximum Gasteiger partial charge on any atom is 0.320 e. The molecule has 1 fully saturated rings. The molecule has 3 atom stereocenters. The maximum atomic E-state index is 10.4. The molecule has 1 aromatic carbocycles. The van der Waals surface area contributed by atoms with Crippen molar-refractivity contribution in [3.8, 4) is 11.5 Å². The Bertz CT molecular complexity index is 564. The number of nitrogens with two attached hydrogens (primary N) is 1. The lowest BCUT2D eigenvalue weighted by atomic mass is 10.1. The average molecular weight is 328 g/mol. The fourth-order valence-corrected chi connectivity index (χ4v) is 1.94. The number of aliphatic hydroxyl groups excluding tert-OH is 1. The normalized spacial score (nSPS) is 21.1. The molecule has 1 heterocycles. The van der Waals surface area contributed by atoms with E-state index in [4.69, 9.17) is 31.3 Å². The van der Waals surface area contributed by atoms with E-state index in [0.29, 0.717) is 18.5 Å². The molecule has 1 saturated heterocycles. The number of aliphatic hydroxyl groups is 1. The summed E-state index contributed by atoms with van der Waals surface area (Å²) in [5, 5.41) is 46.5. The zero-order valence-corrected chi connectivity index (χ0v) is 12.2. The van der Waals surface area contributed by atoms with Gasteiger partial charge in [0.25, 0.3) is 0 Å². The van der Waals surface area contributed by atoms with Crippen molar-refractivity contribution in [2.24, 2.45) is 5.73 Å². The third-order valence-corrected chi connectivity index (χ3v) is 3.22. The van der Waals surface area contributed by atoms with E-state index in [1.54, 1.807) is 0 Å². The molecular formula is C14H20N2O7. The van der Waals surface area contributed by atoms with Crippen LogP contribution in [0.2, 0.25) is 0 Å². The van der Waals surface area contributed by atoms with Crippen LogP contribution in [0.25, 0.3) is 0 Å². The van der Waals surface area contributed by atoms with E-state index in [1.807, 2.05) is 0 Å². The summed E-state index contributed by atoms with van der Waals surface area (Å²) in [6.45, 7) is 0.400. The number of carboxylic acids is 2. The molecule has 0 spiro atoms. The second-order valence-electron chi connectivity index (χ2n) is 5.16. The van der Waals surface area contributed by atoms with Crippen LogP contribution in [0.15, 0.2) is 18.2 Å². The number of phenols is 2. The summed E-state index contributed by atoms with van der Waals surface area (Å²) in [5.74, 6) is -2.50. The topological polar surface area (TPSA) is 173 Å². The first kappa shape index (κ1) is 18.7. The van der Waals surface area contributed by atoms with Crippen molar-refractivity contribution in [3.63, 3.8) is 0 Å². The molecule has 0 aromatic heterocycles. The number of aliphatic carboxylic acids is 2. The van der Waals surface area contributed by atoms with Crippen LogP contribution in [0.3, 0.4) is 0 Å². The number of benzene rings is 1. The van der Waals surface area contributed by atoms with Crippen molar-refractivity contribution in [1.82, 2.24) is 5.32 Å². The van der Waals surface area contributed by atoms with Gasteiger partial charge in [-0.05, 0) is 24.1 Å². The number of carboxylic acid groups (broad SMARTS) is 2. The minimum Gasteiger partial charge on any atom is -0.504 e. The molecule has 0 radical (unpaired) electrons. The number of phenolic OH excluding ortho intramolecular Hbond substituents is 2. The first-order valence-electron chi connectivity index (χ1n) is 6.84. The summed E-state index contributed by atoms with van der Waals surface area (Å²) in [6.07, 6.45) is -0.0375. The van der Waals surface area contributed by atoms with Gasteiger partial charge in [0, 0.05) is 13.0 Å². The standard InChI is InChI=1S/C9H11NO4.C5H9NO3/c10-6(9(13)14)3-5-1-2-7(11)8(12)4-5;7-3-1-4(5(8)9)6-2-3/h1-2,4,6,11-12H,3,10H2,(H,13,14);3-4,6-7H,1-2H2,(H,8,9)/t6-;3-,4+/m01/s1. The van der Waals surface area contributed by atoms with Crippen LogP contribution in [0, 0.1) is 0 Å². The number of hydrogen-bond donors (Lipinski definition) is 7. The molecule has 9 heteroatoms. The van der Waals surface area contributed by atoms with Gasteiger partial charge >= 0.3 is 11.9 Å². The highest BCUT2D eigenvalue weighted by atomic mass is 16.4. The van der Waals surface area contributed by atoms with Crippen molar-refractivity contribution < 1.29 is 35.1 Å². The maximum absolute atomic E-state index is 10.4. The number of β-amino-alcohol motifs (C(OH)–C–C–N with tert-alkyl or cyclic N) is 1. The van der Waals surface area contributed by atoms with E-state index in [-0.39, 0.29) is 17.9 Å². The van der Waals surface area contributed by atoms with Gasteiger partial charge < -0.3 is 36.6 Å². The van der Waals surface area contributed by atoms with Gasteiger partial charge in [0.1, 0.15) is 12.1 Å². The number of rotatable bonds is 4. The molecule has 23 heavy (non-hydrogen) atoms. The molecule has 0 aliphatic carbocycles. The Hall–Kier alpha value is -2.36. The third kappa shape index (κ3) is 6.10. The Labute approximate surface area is 132 Å². The molecule has 0 bridgehead atoms. The Morgan fingerprint density at radius 3 is 2.30 bits per heavy atom. The minimum absolute atomic E-state index is 0.114. The highest BCUT2D eigenvalue weighted by molar-refractivity contribution is 5.74. The molecule has 0 amide bonds. The lowest BCUT2D eigenvalue weighted by Gasteiger charge is -2.06. The van der Waals surface area contributed by atoms with Crippen LogP contribution in [0.4, 0.5) is 0 Å². The van der Waals surface area contributed by atoms with Crippen molar-refractivity contribution in [1.29, 1.82) is 0 Å². The number of aromatic hydroxyl groups is 2. The van der Waals surface area contributed by atoms with E-state index in [0.717, 1.165) is 0 Å². The molecular weight excluding hydrogens is 308 g/mol. The van der Waals surface area contributed by atoms with Gasteiger partial charge in [-0.2, -0.15) is 0 Å². The van der Waals surface area contributed by atoms with Gasteiger partial charge in [-0.15, -0.1) is 0 Å². The SMILES string of the molecule is N[C@@H](Cc1ccc(O)c(O)c1)C(=O)O.O=C(O)[C@@H]1C[C@@H](O)CN1. The highest BCUT2D eigenvalue weighted by Gasteiger charge is 2.27. The van der Waals surface area contributed by atoms with Gasteiger partial charge in [-0.3, -0.25) is 9.59 Å². The van der Waals surface area contributed by atoms with Gasteiger partial charge in [0.15, 0.2) is 11.5 Å². The quantitative estimate of drug-likeness (QED) is 0.336. The summed E-state index contributed by atoms with van der Waals surface area (Å²) in [6, 6.07) is 2.55. The van der Waals surface area contributed by atoms with Crippen molar-refractivity contribution in [2.45, 2.75) is 31.0 Å². The largest absolute Gasteiger partial charge is 0.504 e. The van der Waals surface area contributed by atoms with Crippen LogP contribution in [0.5, 0.6) is 11.5 Å². The van der Waals surface area contributed by atoms with E-state index in [2.05, 4.69) is 5.32 Å². The third-order valence-electron chi connectivity index (χ3n) is 3.22. The lowest BCUT2D eigenvalue weighted by Crippen LogP contribution is -2.32. The molecule has 8 N–H and O–H groups in total. The van der Waals surface area contributed by atoms with Gasteiger partial charge in [0.2, 0.25) is 0 Å². The summed E-state index contributed by atoms with van der Waals surface area (Å²) >= 11 is 0. The van der Waals surface area contributed by atoms with Crippen molar-refractivity contribution >= 4 is 11.9 Å². The smallest absolute Gasteiger partial charge is 0.320 e. The Morgan fingerprint density at radius 1 is 1.26 bits per heavy atom. The van der Waals surface area contributed by atoms with Crippen LogP contribution in [-0.4, -0.2) is 62.2 Å². The predicted molar refractivity (Wildman–Crippen MR) is 79.1 cm³/mol. The second-order valence-corrected chi connectivity index (χ2v) is 5.16. The molecule has 1 aliphatic heterocycles. The van der Waals surface area contributed by atoms with Crippen LogP contribution < -0.4 is 11.1 Å². The molecule has 1 aliphatic rings. The monoisotopic (exact) mass is 328 g/mol. The van der Waals surface area contributed by atoms with E-state index >= 15 is 0 Å². The Morgan fingerprint density at radius 2 is 1.91 bits per heavy atom. The zero-order chi connectivity index (χ0) is 17.6. The fraction of sp³-hybridized carbons (Fsp3) is 0.429. The predicted octanol–water partition coefficient (Wildman–Crippen LogP) is -1.15. The lowest BCUT2D eigenvalue weighted by molar-refractivity contribution is -0.139. The highest BCUT2D eigenvalue weighted by Crippen LogP contribution is 2.25. The molecule has 9 nitrogen and oxygen atoms in total. The van der Waals surface area contributed by atoms with E-state index in [1.165, 1.54) is 18.2 Å². The van der Waals surface area contributed by atoms with E-state index in [9.17, 15) is 9.59 Å². The number of hydrogen-bond acceptors (Lipinski definition) is 7. The van der Waals surface area contributed by atoms with Gasteiger partial charge in [-0.1, -0.05) is 6.07 Å². The molecule has 128 valence electrons. The molecule has 0 saturated carbocycles. The van der Waals surface area contributed by atoms with Gasteiger partial charge in [0.05, 0.1) is 6.10 Å². The van der Waals surface area contributed by atoms with Crippen molar-refractivity contribution in [3.05, 3.63) is 23.8 Å². The van der Waals surface area contributed by atoms with Crippen LogP contribution in [0.1, 0.15) is 12.0 Å². The Balaban J connectivity index is 0.000000253. The summed E-state index contributed by atoms with van der Waals surface area (Å²) in [7, 11) is 0. The zero-order valence-electron chi connectivity index (χ0n) is 12.2.